The molecule has 0 aliphatic carbocycles. The lowest BCUT2D eigenvalue weighted by Crippen LogP contribution is -2.61. The van der Waals surface area contributed by atoms with Crippen molar-refractivity contribution in [1.29, 1.82) is 0 Å². The van der Waals surface area contributed by atoms with E-state index in [1.54, 1.807) is 0 Å². The number of aromatic hydroxyl groups is 3. The quantitative estimate of drug-likeness (QED) is 0.0162. The van der Waals surface area contributed by atoms with Crippen LogP contribution in [0.2, 0.25) is 0 Å². The number of carbonyl (C=O) groups is 6. The minimum Gasteiger partial charge on any atom is -0.507 e. The van der Waals surface area contributed by atoms with Crippen molar-refractivity contribution in [3.8, 4) is 17.2 Å². The average Bonchev–Trinajstić information content (AvgIpc) is 0.761. The lowest BCUT2D eigenvalue weighted by Gasteiger charge is -2.53. The van der Waals surface area contributed by atoms with E-state index in [1.165, 1.54) is 6.42 Å². The maximum atomic E-state index is 15.0. The SMILES string of the molecule is CCC(Cc1cc(C(C)(C)C)c(O)c(C(C)(C)C)c1)(C(=O)OC1CC(C)(C)NC(C)(C)C1)C(=O)OC1CC(C)(C)NC(C)(C)C1.CCC(Cc1cc(C)c(O)c(C(C)(C)C)c1)(C(=O)OC1CC(C)(C)N(C)C(C)(C)C1)C(=O)OC1CC(C)(C)N(C)C(C)(C)C1.CCCCCCCCC(Cc1cc(C(C)(C)C)c(O)c(C)c1C)(C(=O)OC1CC(C)(C)NC(C)(C)C1)C(=O)OC1CC(C)(C)NC(C)(C)C1. The molecule has 6 aliphatic rings. The lowest BCUT2D eigenvalue weighted by molar-refractivity contribution is -0.189. The van der Waals surface area contributed by atoms with Gasteiger partial charge in [-0.1, -0.05) is 173 Å². The van der Waals surface area contributed by atoms with E-state index in [9.17, 15) is 34.5 Å². The number of phenols is 3. The zero-order valence-corrected chi connectivity index (χ0v) is 95.5. The van der Waals surface area contributed by atoms with E-state index < -0.39 is 52.1 Å². The van der Waals surface area contributed by atoms with Crippen LogP contribution in [0.1, 0.15) is 460 Å². The number of hydrogen-bond acceptors (Lipinski definition) is 21. The summed E-state index contributed by atoms with van der Waals surface area (Å²) in [5, 5.41) is 48.2. The number of esters is 6. The molecule has 6 fully saturated rings. The number of phenolic OH excluding ortho intramolecular Hbond substituents is 3. The van der Waals surface area contributed by atoms with Gasteiger partial charge in [-0.3, -0.25) is 38.6 Å². The van der Waals surface area contributed by atoms with Gasteiger partial charge in [0, 0.05) is 144 Å². The first-order chi connectivity index (χ1) is 62.2. The van der Waals surface area contributed by atoms with Gasteiger partial charge in [-0.15, -0.1) is 0 Å². The highest BCUT2D eigenvalue weighted by atomic mass is 16.6. The number of rotatable bonds is 27. The highest BCUT2D eigenvalue weighted by Gasteiger charge is 2.58. The number of likely N-dealkylation sites (tertiary alicyclic amines) is 2. The molecule has 0 amide bonds. The van der Waals surface area contributed by atoms with Gasteiger partial charge in [0.2, 0.25) is 0 Å². The van der Waals surface area contributed by atoms with Gasteiger partial charge in [0.05, 0.1) is 0 Å². The zero-order valence-electron chi connectivity index (χ0n) is 95.5. The topological polar surface area (TPSA) is 273 Å². The predicted octanol–water partition coefficient (Wildman–Crippen LogP) is 24.2. The second kappa shape index (κ2) is 42.4. The Morgan fingerprint density at radius 2 is 0.543 bits per heavy atom. The number of aryl methyl sites for hydroxylation is 1. The summed E-state index contributed by atoms with van der Waals surface area (Å²) >= 11 is 0. The Labute approximate surface area is 837 Å². The van der Waals surface area contributed by atoms with Gasteiger partial charge in [0.25, 0.3) is 0 Å². The van der Waals surface area contributed by atoms with Gasteiger partial charge in [-0.05, 0) is 317 Å². The summed E-state index contributed by atoms with van der Waals surface area (Å²) in [4.78, 5) is 92.8. The van der Waals surface area contributed by atoms with Crippen LogP contribution >= 0.6 is 0 Å². The van der Waals surface area contributed by atoms with Crippen LogP contribution in [0.5, 0.6) is 17.2 Å². The first kappa shape index (κ1) is 119. The van der Waals surface area contributed by atoms with Crippen LogP contribution in [0.3, 0.4) is 0 Å². The lowest BCUT2D eigenvalue weighted by atomic mass is 9.73. The van der Waals surface area contributed by atoms with Crippen molar-refractivity contribution in [2.24, 2.45) is 16.2 Å². The van der Waals surface area contributed by atoms with Crippen molar-refractivity contribution in [2.75, 3.05) is 14.1 Å². The molecule has 6 heterocycles. The molecular formula is C117H198N6O15. The molecule has 7 N–H and O–H groups in total. The second-order valence-electron chi connectivity index (χ2n) is 55.6. The molecule has 0 saturated carbocycles. The smallest absolute Gasteiger partial charge is 0.324 e. The fourth-order valence-electron chi connectivity index (χ4n) is 24.8. The Hall–Kier alpha value is -6.36. The molecule has 0 radical (unpaired) electrons. The number of hydrogen-bond donors (Lipinski definition) is 7. The third-order valence-corrected chi connectivity index (χ3v) is 31.5. The van der Waals surface area contributed by atoms with Crippen molar-refractivity contribution in [2.45, 2.75) is 570 Å². The van der Waals surface area contributed by atoms with Crippen molar-refractivity contribution in [3.05, 3.63) is 86.0 Å². The van der Waals surface area contributed by atoms with Crippen molar-refractivity contribution < 1.29 is 72.5 Å². The number of nitrogens with one attached hydrogen (secondary N) is 4. The third kappa shape index (κ3) is 29.9. The summed E-state index contributed by atoms with van der Waals surface area (Å²) in [7, 11) is 4.24. The van der Waals surface area contributed by atoms with Crippen LogP contribution in [0.4, 0.5) is 0 Å². The molecule has 0 bridgehead atoms. The van der Waals surface area contributed by atoms with Crippen LogP contribution in [-0.4, -0.2) is 178 Å². The molecule has 0 atom stereocenters. The number of carbonyl (C=O) groups excluding carboxylic acids is 6. The molecule has 21 nitrogen and oxygen atoms in total. The molecule has 0 aromatic heterocycles. The van der Waals surface area contributed by atoms with Crippen molar-refractivity contribution in [1.82, 2.24) is 31.1 Å². The summed E-state index contributed by atoms with van der Waals surface area (Å²) < 4.78 is 38.5. The Kier molecular flexibility index (Phi) is 36.4. The van der Waals surface area contributed by atoms with E-state index in [4.69, 9.17) is 28.4 Å². The van der Waals surface area contributed by atoms with E-state index in [2.05, 4.69) is 281 Å². The molecule has 138 heavy (non-hydrogen) atoms. The summed E-state index contributed by atoms with van der Waals surface area (Å²) in [5.74, 6) is -2.23. The van der Waals surface area contributed by atoms with Gasteiger partial charge in [0.15, 0.2) is 16.2 Å². The number of benzene rings is 3. The number of nitrogens with zero attached hydrogens (tertiary/aromatic N) is 2. The first-order valence-corrected chi connectivity index (χ1v) is 52.7. The molecule has 3 aromatic rings. The van der Waals surface area contributed by atoms with E-state index in [0.29, 0.717) is 83.5 Å². The number of ether oxygens (including phenoxy) is 6. The summed E-state index contributed by atoms with van der Waals surface area (Å²) in [5.41, 5.74) is -0.389. The van der Waals surface area contributed by atoms with Crippen LogP contribution in [0, 0.1) is 37.0 Å². The maximum absolute atomic E-state index is 15.0. The normalized spacial score (nSPS) is 21.9. The van der Waals surface area contributed by atoms with Gasteiger partial charge >= 0.3 is 35.8 Å². The van der Waals surface area contributed by atoms with Crippen LogP contribution in [0.15, 0.2) is 30.3 Å². The summed E-state index contributed by atoms with van der Waals surface area (Å²) in [6, 6.07) is 9.77. The van der Waals surface area contributed by atoms with Crippen LogP contribution < -0.4 is 21.3 Å². The summed E-state index contributed by atoms with van der Waals surface area (Å²) in [6.07, 6.45) is 13.4. The van der Waals surface area contributed by atoms with Gasteiger partial charge < -0.3 is 65.0 Å². The molecule has 9 rings (SSSR count). The Balaban J connectivity index is 0.000000282. The van der Waals surface area contributed by atoms with E-state index in [0.717, 1.165) is 87.7 Å². The van der Waals surface area contributed by atoms with Gasteiger partial charge in [-0.25, -0.2) is 0 Å². The molecule has 6 saturated heterocycles. The molecule has 21 heteroatoms. The van der Waals surface area contributed by atoms with Crippen molar-refractivity contribution >= 4 is 35.8 Å². The van der Waals surface area contributed by atoms with E-state index in [-0.39, 0.29) is 174 Å². The van der Waals surface area contributed by atoms with Crippen LogP contribution in [-0.2, 0) is 98.1 Å². The summed E-state index contributed by atoms with van der Waals surface area (Å²) in [6.45, 7) is 88.0. The highest BCUT2D eigenvalue weighted by molar-refractivity contribution is 6.02. The zero-order chi connectivity index (χ0) is 106. The number of unbranched alkanes of at least 4 members (excludes halogenated alkanes) is 5. The minimum atomic E-state index is -1.54. The Morgan fingerprint density at radius 1 is 0.312 bits per heavy atom. The van der Waals surface area contributed by atoms with Gasteiger partial charge in [-0.2, -0.15) is 0 Å². The molecular weight excluding hydrogens is 1730 g/mol. The fraction of sp³-hybridized carbons (Fsp3) is 0.795. The fourth-order valence-corrected chi connectivity index (χ4v) is 24.8. The Bertz CT molecular complexity index is 4460. The second-order valence-corrected chi connectivity index (χ2v) is 55.6. The van der Waals surface area contributed by atoms with Crippen LogP contribution in [0.25, 0.3) is 0 Å². The third-order valence-electron chi connectivity index (χ3n) is 31.5. The molecule has 3 aromatic carbocycles. The molecule has 6 aliphatic heterocycles. The molecule has 0 spiro atoms. The minimum absolute atomic E-state index is 0.128. The highest BCUT2D eigenvalue weighted by Crippen LogP contribution is 2.50. The van der Waals surface area contributed by atoms with Crippen molar-refractivity contribution in [3.63, 3.8) is 0 Å². The standard InChI is InChI=1S/C42H72N2O5.C38H64N2O5.C37H62N2O5/c1-15-16-17-18-19-20-21-42(35(46)48-31-24-38(7,8)43-39(9,10)25-31,36(47)49-32-26-40(11,12)44-41(13,14)27-32)23-30-22-33(37(4,5)6)34(45)29(3)28(30)2;1-16-38(30(42)44-25-20-34(8,9)39-35(10,11)21-25,31(43)45-26-22-36(12,13)40-37(14,15)23-26)19-24-17-27(32(2,3)4)29(41)28(18-24)33(5,6)7;1-16-37(19-25-17-24(2)29(40)28(18-25)32(3,4)5,30(41)43-26-20-33(6,7)38(14)34(8,9)21-26)31(42)44-27-22-35(10,11)39(15)36(12,13)23-27/h22,31-32,43-45H,15-21,23-27H2,1-14H3;17-18,25-26,39-41H,16,19-23H2,1-15H3;17-18,26-27,40H,16,19-23H2,1-15H3. The van der Waals surface area contributed by atoms with E-state index >= 15 is 9.59 Å². The maximum Gasteiger partial charge on any atom is 0.324 e. The average molecular weight is 1930 g/mol. The monoisotopic (exact) mass is 1930 g/mol. The largest absolute Gasteiger partial charge is 0.507 e. The van der Waals surface area contributed by atoms with E-state index in [1.807, 2.05) is 85.7 Å². The molecule has 0 unspecified atom stereocenters. The number of piperidine rings is 6. The predicted molar refractivity (Wildman–Crippen MR) is 562 cm³/mol. The Morgan fingerprint density at radius 3 is 0.804 bits per heavy atom. The molecule has 786 valence electrons. The first-order valence-electron chi connectivity index (χ1n) is 52.7. The van der Waals surface area contributed by atoms with Gasteiger partial charge in [0.1, 0.15) is 53.9 Å².